The van der Waals surface area contributed by atoms with Crippen molar-refractivity contribution in [3.63, 3.8) is 0 Å². The van der Waals surface area contributed by atoms with Gasteiger partial charge in [-0.1, -0.05) is 7.43 Å². The molecule has 0 aliphatic carbocycles. The van der Waals surface area contributed by atoms with Gasteiger partial charge in [0, 0.05) is 11.4 Å². The Bertz CT molecular complexity index is 1990. The first-order chi connectivity index (χ1) is 23.2. The van der Waals surface area contributed by atoms with Gasteiger partial charge in [0.2, 0.25) is 46.0 Å². The monoisotopic (exact) mass is 820 g/mol. The Balaban J connectivity index is 0. The minimum atomic E-state index is -4.26. The fourth-order valence-corrected chi connectivity index (χ4v) is 5.79. The van der Waals surface area contributed by atoms with Crippen LogP contribution in [0.25, 0.3) is 0 Å². The highest BCUT2D eigenvalue weighted by Crippen LogP contribution is 2.25. The number of esters is 3. The maximum absolute atomic E-state index is 11.7. The third-order valence-electron chi connectivity index (χ3n) is 5.00. The Hall–Kier alpha value is -4.56. The number of benzene rings is 2. The fourth-order valence-electron chi connectivity index (χ4n) is 3.28. The van der Waals surface area contributed by atoms with E-state index in [1.165, 1.54) is 18.2 Å². The van der Waals surface area contributed by atoms with E-state index in [0.717, 1.165) is 30.7 Å². The number of nitrogens with two attached hydrogens (primary N) is 3. The summed E-state index contributed by atoms with van der Waals surface area (Å²) in [5, 5.41) is 12.2. The summed E-state index contributed by atoms with van der Waals surface area (Å²) in [6, 6.07) is 6.99. The van der Waals surface area contributed by atoms with Gasteiger partial charge in [0.25, 0.3) is 0 Å². The molecule has 0 bridgehead atoms. The topological polar surface area (TPSA) is 347 Å². The molecule has 2 aromatic rings. The maximum atomic E-state index is 11.7. The number of sulfonamides is 4. The van der Waals surface area contributed by atoms with Crippen LogP contribution in [0.5, 0.6) is 0 Å². The van der Waals surface area contributed by atoms with E-state index in [9.17, 15) is 52.8 Å². The number of carbonyl (C=O) groups is 4. The highest BCUT2D eigenvalue weighted by molar-refractivity contribution is 7.92. The van der Waals surface area contributed by atoms with Crippen LogP contribution in [0.1, 0.15) is 41.0 Å². The van der Waals surface area contributed by atoms with Crippen molar-refractivity contribution >= 4 is 86.7 Å². The first-order valence-electron chi connectivity index (χ1n) is 14.0. The first kappa shape index (κ1) is 49.6. The largest absolute Gasteiger partial charge is 0.466 e. The molecule has 0 radical (unpaired) electrons. The van der Waals surface area contributed by atoms with E-state index in [-0.39, 0.29) is 61.3 Å². The second kappa shape index (κ2) is 21.7. The highest BCUT2D eigenvalue weighted by Gasteiger charge is 2.19. The zero-order valence-electron chi connectivity index (χ0n) is 28.0. The lowest BCUT2D eigenvalue weighted by molar-refractivity contribution is -0.154. The van der Waals surface area contributed by atoms with Gasteiger partial charge in [-0.15, -0.1) is 0 Å². The van der Waals surface area contributed by atoms with E-state index in [0.29, 0.717) is 0 Å². The van der Waals surface area contributed by atoms with Crippen LogP contribution < -0.4 is 30.8 Å². The van der Waals surface area contributed by atoms with E-state index in [1.54, 1.807) is 20.8 Å². The number of anilines is 4. The molecule has 0 spiro atoms. The Labute approximate surface area is 303 Å². The number of primary sulfonamides is 2. The molecule has 0 aliphatic rings. The van der Waals surface area contributed by atoms with Crippen LogP contribution in [0.15, 0.2) is 46.2 Å². The van der Waals surface area contributed by atoms with Crippen molar-refractivity contribution in [2.75, 3.05) is 52.8 Å². The molecule has 0 unspecified atom stereocenters. The summed E-state index contributed by atoms with van der Waals surface area (Å²) in [6.45, 7) is 5.62. The Morgan fingerprint density at radius 1 is 0.615 bits per heavy atom. The van der Waals surface area contributed by atoms with Gasteiger partial charge in [-0.25, -0.2) is 43.9 Å². The van der Waals surface area contributed by atoms with Crippen molar-refractivity contribution < 1.29 is 67.1 Å². The van der Waals surface area contributed by atoms with Crippen molar-refractivity contribution in [2.24, 2.45) is 10.3 Å². The van der Waals surface area contributed by atoms with E-state index >= 15 is 0 Å². The van der Waals surface area contributed by atoms with Crippen LogP contribution in [0.3, 0.4) is 0 Å². The molecule has 0 aromatic heterocycles. The molecule has 0 aliphatic heterocycles. The maximum Gasteiger partial charge on any atom is 0.317 e. The van der Waals surface area contributed by atoms with Gasteiger partial charge in [0.05, 0.1) is 43.7 Å². The van der Waals surface area contributed by atoms with Gasteiger partial charge in [-0.2, -0.15) is 0 Å². The fraction of sp³-hybridized carbons (Fsp3) is 0.407. The van der Waals surface area contributed by atoms with Gasteiger partial charge in [0.1, 0.15) is 22.6 Å². The number of rotatable bonds is 14. The minimum absolute atomic E-state index is 0. The summed E-state index contributed by atoms with van der Waals surface area (Å²) in [5.41, 5.74) is 5.21. The van der Waals surface area contributed by atoms with E-state index in [1.807, 2.05) is 0 Å². The molecule has 52 heavy (non-hydrogen) atoms. The average Bonchev–Trinajstić information content (AvgIpc) is 2.93. The quantitative estimate of drug-likeness (QED) is 0.0633. The number of nitrogen functional groups attached to an aromatic ring is 1. The van der Waals surface area contributed by atoms with E-state index in [4.69, 9.17) is 16.0 Å². The molecule has 0 saturated carbocycles. The molecule has 296 valence electrons. The van der Waals surface area contributed by atoms with Crippen LogP contribution >= 0.6 is 0 Å². The summed E-state index contributed by atoms with van der Waals surface area (Å²) >= 11 is 0. The lowest BCUT2D eigenvalue weighted by atomic mass is 10.2. The van der Waals surface area contributed by atoms with E-state index < -0.39 is 75.2 Å². The van der Waals surface area contributed by atoms with Crippen LogP contribution in [-0.4, -0.2) is 89.8 Å². The Morgan fingerprint density at radius 2 is 0.981 bits per heavy atom. The van der Waals surface area contributed by atoms with Crippen molar-refractivity contribution in [3.05, 3.63) is 36.4 Å². The standard InChI is InChI=1S/C12H17N3O7S2.C7H11N3O4S2.C7H12O4.CH4/c1-3-22-12(17)7-11(16)14-9-5-4-8(15-23(2,18)19)6-10(9)24(13,20)21;1-15(11,12)10-5-2-3-6(8)7(4-5)16(9,13)14;1-3-10-6(8)5-7(9)11-4-2;/h4-6,15H,3,7H2,1-2H3,(H,14,16)(H2,13,20,21);2-4,10H,8H2,1H3,(H2,9,13,14);3-5H2,1-2H3;1H4. The smallest absolute Gasteiger partial charge is 0.317 e. The van der Waals surface area contributed by atoms with Gasteiger partial charge in [-0.05, 0) is 57.2 Å². The molecule has 0 heterocycles. The van der Waals surface area contributed by atoms with Crippen molar-refractivity contribution in [1.29, 1.82) is 0 Å². The average molecular weight is 821 g/mol. The van der Waals surface area contributed by atoms with Gasteiger partial charge >= 0.3 is 17.9 Å². The second-order valence-corrected chi connectivity index (χ2v) is 16.2. The normalized spacial score (nSPS) is 11.1. The molecule has 0 saturated heterocycles. The SMILES string of the molecule is C.CCOC(=O)CC(=O)Nc1ccc(NS(C)(=O)=O)cc1S(N)(=O)=O.CCOC(=O)CC(=O)OCC.CS(=O)(=O)Nc1ccc(N)c(S(N)(=O)=O)c1. The van der Waals surface area contributed by atoms with Crippen LogP contribution in [0.2, 0.25) is 0 Å². The molecule has 1 amide bonds. The number of nitrogens with one attached hydrogen (secondary N) is 3. The van der Waals surface area contributed by atoms with Crippen molar-refractivity contribution in [1.82, 2.24) is 0 Å². The van der Waals surface area contributed by atoms with Crippen molar-refractivity contribution in [3.8, 4) is 0 Å². The zero-order valence-corrected chi connectivity index (χ0v) is 31.3. The van der Waals surface area contributed by atoms with Crippen molar-refractivity contribution in [2.45, 2.75) is 50.8 Å². The summed E-state index contributed by atoms with van der Waals surface area (Å²) in [6.07, 6.45) is 0.932. The molecule has 9 N–H and O–H groups in total. The molecule has 0 fully saturated rings. The summed E-state index contributed by atoms with van der Waals surface area (Å²) in [4.78, 5) is 43.4. The molecule has 2 rings (SSSR count). The second-order valence-electron chi connectivity index (χ2n) is 9.62. The third-order valence-corrected chi connectivity index (χ3v) is 8.13. The molecule has 25 heteroatoms. The molecular formula is C27H44N6O15S4. The van der Waals surface area contributed by atoms with Crippen LogP contribution in [0, 0.1) is 0 Å². The number of amides is 1. The number of hydrogen-bond donors (Lipinski definition) is 6. The highest BCUT2D eigenvalue weighted by atomic mass is 32.2. The summed E-state index contributed by atoms with van der Waals surface area (Å²) in [5.74, 6) is -2.65. The first-order valence-corrected chi connectivity index (χ1v) is 20.9. The Kier molecular flexibility index (Phi) is 20.7. The lowest BCUT2D eigenvalue weighted by Gasteiger charge is -2.12. The predicted molar refractivity (Wildman–Crippen MR) is 191 cm³/mol. The number of hydrogen-bond acceptors (Lipinski definition) is 16. The molecule has 21 nitrogen and oxygen atoms in total. The van der Waals surface area contributed by atoms with Gasteiger partial charge in [0.15, 0.2) is 0 Å². The molecule has 0 atom stereocenters. The minimum Gasteiger partial charge on any atom is -0.466 e. The summed E-state index contributed by atoms with van der Waals surface area (Å²) < 4.78 is 108. The van der Waals surface area contributed by atoms with Gasteiger partial charge < -0.3 is 25.3 Å². The molecular weight excluding hydrogens is 777 g/mol. The third kappa shape index (κ3) is 21.6. The molecule has 2 aromatic carbocycles. The Morgan fingerprint density at radius 3 is 1.35 bits per heavy atom. The van der Waals surface area contributed by atoms with Crippen LogP contribution in [0.4, 0.5) is 22.7 Å². The van der Waals surface area contributed by atoms with Crippen LogP contribution in [-0.2, 0) is 73.5 Å². The van der Waals surface area contributed by atoms with E-state index in [2.05, 4.69) is 29.0 Å². The zero-order chi connectivity index (χ0) is 39.8. The van der Waals surface area contributed by atoms with Gasteiger partial charge in [-0.3, -0.25) is 28.6 Å². The summed E-state index contributed by atoms with van der Waals surface area (Å²) in [7, 11) is -15.3. The number of ether oxygens (including phenoxy) is 3. The predicted octanol–water partition coefficient (Wildman–Crippen LogP) is 0.0237. The number of carbonyl (C=O) groups excluding carboxylic acids is 4. The lowest BCUT2D eigenvalue weighted by Crippen LogP contribution is -2.21.